The molecule has 0 saturated carbocycles. The van der Waals surface area contributed by atoms with Crippen molar-refractivity contribution in [2.45, 2.75) is 46.5 Å². The normalized spacial score (nSPS) is 12.9. The van der Waals surface area contributed by atoms with Gasteiger partial charge in [0.1, 0.15) is 11.4 Å². The van der Waals surface area contributed by atoms with E-state index in [0.717, 1.165) is 35.2 Å². The summed E-state index contributed by atoms with van der Waals surface area (Å²) in [5.74, 6) is -2.20. The second-order valence-electron chi connectivity index (χ2n) is 8.88. The maximum atomic E-state index is 13.6. The molecule has 1 heterocycles. The van der Waals surface area contributed by atoms with Crippen LogP contribution in [0, 0.1) is 0 Å². The van der Waals surface area contributed by atoms with E-state index in [1.54, 1.807) is 27.0 Å². The number of hydrogen-bond donors (Lipinski definition) is 1. The van der Waals surface area contributed by atoms with Crippen molar-refractivity contribution in [1.29, 1.82) is 0 Å². The first-order valence-electron chi connectivity index (χ1n) is 10.9. The van der Waals surface area contributed by atoms with Crippen LogP contribution in [-0.2, 0) is 14.6 Å². The van der Waals surface area contributed by atoms with Gasteiger partial charge in [0.15, 0.2) is 0 Å². The molecule has 38 heavy (non-hydrogen) atoms. The number of halogens is 3. The first kappa shape index (κ1) is 29.4. The molecule has 13 heteroatoms. The minimum Gasteiger partial charge on any atom is -0.442 e. The maximum absolute atomic E-state index is 13.6. The fourth-order valence-corrected chi connectivity index (χ4v) is 7.17. The standard InChI is InChI=1S/C25H23F3N2O5S3/c1-24(2,3)35-23(32)30-21(29)18-13-19(22(36-4)37-18)38(33,34)17-10-6-8-15(12-17)14-7-5-9-16(11-14)20(31)25(26,27)28/h5-13H,1-4H3,(H2,29,30,32). The third-order valence-corrected chi connectivity index (χ3v) is 9.19. The first-order chi connectivity index (χ1) is 17.5. The molecule has 1 amide bonds. The lowest BCUT2D eigenvalue weighted by atomic mass is 10.0. The number of thiophene rings is 1. The molecular weight excluding hydrogens is 561 g/mol. The highest BCUT2D eigenvalue weighted by Gasteiger charge is 2.39. The number of carbonyl (C=O) groups is 2. The van der Waals surface area contributed by atoms with E-state index in [4.69, 9.17) is 10.5 Å². The molecule has 0 saturated heterocycles. The molecule has 3 rings (SSSR count). The van der Waals surface area contributed by atoms with Gasteiger partial charge in [0.05, 0.1) is 18.9 Å². The number of hydrogen-bond acceptors (Lipinski definition) is 7. The molecule has 2 N–H and O–H groups in total. The lowest BCUT2D eigenvalue weighted by molar-refractivity contribution is -0.0885. The second-order valence-corrected chi connectivity index (χ2v) is 12.9. The SMILES string of the molecule is CSc1sc(C(N)=NC(=O)OC(C)(C)C)cc1S(=O)(=O)c1cccc(-c2cccc(C(=O)C(F)(F)F)c2)c1. The average Bonchev–Trinajstić information content (AvgIpc) is 3.28. The molecule has 0 fully saturated rings. The summed E-state index contributed by atoms with van der Waals surface area (Å²) in [7, 11) is -4.12. The van der Waals surface area contributed by atoms with Gasteiger partial charge in [-0.2, -0.15) is 18.2 Å². The van der Waals surface area contributed by atoms with Gasteiger partial charge >= 0.3 is 12.3 Å². The predicted octanol–water partition coefficient (Wildman–Crippen LogP) is 6.36. The van der Waals surface area contributed by atoms with Gasteiger partial charge in [-0.1, -0.05) is 30.3 Å². The smallest absolute Gasteiger partial charge is 0.442 e. The van der Waals surface area contributed by atoms with Crippen molar-refractivity contribution >= 4 is 50.6 Å². The molecule has 0 bridgehead atoms. The van der Waals surface area contributed by atoms with Gasteiger partial charge in [-0.25, -0.2) is 13.2 Å². The number of Topliss-reactive ketones (excluding diaryl/α,β-unsaturated/α-hetero) is 1. The summed E-state index contributed by atoms with van der Waals surface area (Å²) in [4.78, 5) is 27.4. The van der Waals surface area contributed by atoms with Crippen molar-refractivity contribution in [2.24, 2.45) is 10.7 Å². The van der Waals surface area contributed by atoms with E-state index in [1.165, 1.54) is 42.5 Å². The summed E-state index contributed by atoms with van der Waals surface area (Å²) in [6, 6.07) is 11.8. The van der Waals surface area contributed by atoms with Gasteiger partial charge in [-0.15, -0.1) is 23.1 Å². The van der Waals surface area contributed by atoms with Crippen LogP contribution in [0.5, 0.6) is 0 Å². The quantitative estimate of drug-likeness (QED) is 0.155. The van der Waals surface area contributed by atoms with Crippen LogP contribution in [0.3, 0.4) is 0 Å². The highest BCUT2D eigenvalue weighted by molar-refractivity contribution is 8.01. The molecule has 1 aromatic heterocycles. The fourth-order valence-electron chi connectivity index (χ4n) is 3.23. The van der Waals surface area contributed by atoms with E-state index in [2.05, 4.69) is 4.99 Å². The van der Waals surface area contributed by atoms with Gasteiger partial charge in [-0.3, -0.25) is 4.79 Å². The zero-order chi connectivity index (χ0) is 28.5. The Balaban J connectivity index is 2.00. The van der Waals surface area contributed by atoms with Crippen molar-refractivity contribution in [3.8, 4) is 11.1 Å². The van der Waals surface area contributed by atoms with E-state index >= 15 is 0 Å². The van der Waals surface area contributed by atoms with Crippen molar-refractivity contribution in [3.05, 3.63) is 65.0 Å². The zero-order valence-electron chi connectivity index (χ0n) is 20.6. The number of nitrogens with zero attached hydrogens (tertiary/aromatic N) is 1. The van der Waals surface area contributed by atoms with Crippen molar-refractivity contribution in [1.82, 2.24) is 0 Å². The topological polar surface area (TPSA) is 116 Å². The molecule has 0 spiro atoms. The molecule has 0 aliphatic rings. The lowest BCUT2D eigenvalue weighted by Crippen LogP contribution is -2.24. The first-order valence-corrected chi connectivity index (χ1v) is 14.4. The summed E-state index contributed by atoms with van der Waals surface area (Å²) in [6.45, 7) is 4.99. The molecule has 0 unspecified atom stereocenters. The van der Waals surface area contributed by atoms with Crippen LogP contribution in [0.1, 0.15) is 36.0 Å². The van der Waals surface area contributed by atoms with Crippen molar-refractivity contribution < 1.29 is 35.9 Å². The van der Waals surface area contributed by atoms with Crippen LogP contribution in [0.15, 0.2) is 73.6 Å². The number of amidine groups is 1. The number of alkyl halides is 3. The molecule has 0 atom stereocenters. The Morgan fingerprint density at radius 2 is 1.61 bits per heavy atom. The highest BCUT2D eigenvalue weighted by atomic mass is 32.2. The number of carbonyl (C=O) groups excluding carboxylic acids is 2. The molecular formula is C25H23F3N2O5S3. The van der Waals surface area contributed by atoms with E-state index in [0.29, 0.717) is 9.77 Å². The van der Waals surface area contributed by atoms with Crippen LogP contribution in [0.25, 0.3) is 11.1 Å². The van der Waals surface area contributed by atoms with Gasteiger partial charge in [0, 0.05) is 5.56 Å². The third-order valence-electron chi connectivity index (χ3n) is 4.86. The van der Waals surface area contributed by atoms with Crippen LogP contribution in [-0.4, -0.2) is 44.2 Å². The minimum absolute atomic E-state index is 0.0644. The van der Waals surface area contributed by atoms with Gasteiger partial charge in [-0.05, 0) is 62.4 Å². The van der Waals surface area contributed by atoms with E-state index in [1.807, 2.05) is 0 Å². The van der Waals surface area contributed by atoms with Crippen LogP contribution < -0.4 is 5.73 Å². The zero-order valence-corrected chi connectivity index (χ0v) is 23.1. The number of benzene rings is 2. The van der Waals surface area contributed by atoms with E-state index in [9.17, 15) is 31.2 Å². The summed E-state index contributed by atoms with van der Waals surface area (Å²) in [6.07, 6.45) is -4.28. The molecule has 7 nitrogen and oxygen atoms in total. The van der Waals surface area contributed by atoms with Crippen LogP contribution >= 0.6 is 23.1 Å². The Hall–Kier alpha value is -3.16. The van der Waals surface area contributed by atoms with E-state index in [-0.39, 0.29) is 26.1 Å². The predicted molar refractivity (Wildman–Crippen MR) is 141 cm³/mol. The summed E-state index contributed by atoms with van der Waals surface area (Å²) in [5, 5.41) is 0. The highest BCUT2D eigenvalue weighted by Crippen LogP contribution is 2.38. The summed E-state index contributed by atoms with van der Waals surface area (Å²) >= 11 is 2.19. The second kappa shape index (κ2) is 10.9. The average molecular weight is 585 g/mol. The van der Waals surface area contributed by atoms with E-state index < -0.39 is 39.1 Å². The molecule has 202 valence electrons. The Kier molecular flexibility index (Phi) is 8.44. The number of aliphatic imine (C=N–C) groups is 1. The molecule has 0 aliphatic heterocycles. The number of sulfone groups is 1. The van der Waals surface area contributed by atoms with Gasteiger partial charge in [0.25, 0.3) is 5.78 Å². The van der Waals surface area contributed by atoms with Crippen LogP contribution in [0.2, 0.25) is 0 Å². The Bertz CT molecular complexity index is 1520. The molecule has 0 radical (unpaired) electrons. The van der Waals surface area contributed by atoms with Crippen LogP contribution in [0.4, 0.5) is 18.0 Å². The Labute approximate surface area is 225 Å². The number of ether oxygens (including phenoxy) is 1. The number of thioether (sulfide) groups is 1. The number of rotatable bonds is 6. The van der Waals surface area contributed by atoms with Crippen molar-refractivity contribution in [2.75, 3.05) is 6.26 Å². The molecule has 0 aliphatic carbocycles. The Morgan fingerprint density at radius 3 is 2.18 bits per heavy atom. The molecule has 2 aromatic carbocycles. The third kappa shape index (κ3) is 6.83. The number of nitrogens with two attached hydrogens (primary N) is 1. The molecule has 3 aromatic rings. The van der Waals surface area contributed by atoms with Gasteiger partial charge < -0.3 is 10.5 Å². The number of amides is 1. The largest absolute Gasteiger partial charge is 0.454 e. The van der Waals surface area contributed by atoms with Gasteiger partial charge in [0.2, 0.25) is 9.84 Å². The fraction of sp³-hybridized carbons (Fsp3) is 0.240. The summed E-state index contributed by atoms with van der Waals surface area (Å²) in [5.41, 5.74) is 5.14. The maximum Gasteiger partial charge on any atom is 0.454 e. The Morgan fingerprint density at radius 1 is 1.00 bits per heavy atom. The number of ketones is 1. The summed E-state index contributed by atoms with van der Waals surface area (Å²) < 4.78 is 71.3. The van der Waals surface area contributed by atoms with Crippen molar-refractivity contribution in [3.63, 3.8) is 0 Å². The lowest BCUT2D eigenvalue weighted by Gasteiger charge is -2.17. The monoisotopic (exact) mass is 584 g/mol. The minimum atomic E-state index is -5.04.